The molecule has 2 heterocycles. The van der Waals surface area contributed by atoms with Crippen LogP contribution in [0.1, 0.15) is 42.2 Å². The summed E-state index contributed by atoms with van der Waals surface area (Å²) < 4.78 is 5.55. The molecule has 4 nitrogen and oxygen atoms in total. The summed E-state index contributed by atoms with van der Waals surface area (Å²) in [6, 6.07) is 31.9. The van der Waals surface area contributed by atoms with Crippen molar-refractivity contribution in [1.29, 1.82) is 0 Å². The van der Waals surface area contributed by atoms with Crippen LogP contribution in [0.5, 0.6) is 0 Å². The predicted molar refractivity (Wildman–Crippen MR) is 132 cm³/mol. The molecule has 33 heavy (non-hydrogen) atoms. The van der Waals surface area contributed by atoms with Crippen LogP contribution in [0.2, 0.25) is 0 Å². The fourth-order valence-electron chi connectivity index (χ4n) is 4.91. The Balaban J connectivity index is 1.14. The third kappa shape index (κ3) is 5.58. The van der Waals surface area contributed by atoms with Gasteiger partial charge in [0, 0.05) is 17.9 Å². The lowest BCUT2D eigenvalue weighted by molar-refractivity contribution is 0.174. The van der Waals surface area contributed by atoms with Crippen molar-refractivity contribution in [1.82, 2.24) is 15.0 Å². The molecule has 168 valence electrons. The smallest absolute Gasteiger partial charge is 0.227 e. The summed E-state index contributed by atoms with van der Waals surface area (Å²) in [5.41, 5.74) is 3.82. The van der Waals surface area contributed by atoms with Crippen LogP contribution in [0, 0.1) is 5.92 Å². The quantitative estimate of drug-likeness (QED) is 0.328. The molecule has 1 saturated heterocycles. The van der Waals surface area contributed by atoms with E-state index in [1.54, 1.807) is 0 Å². The van der Waals surface area contributed by atoms with Crippen molar-refractivity contribution in [3.63, 3.8) is 0 Å². The van der Waals surface area contributed by atoms with Gasteiger partial charge in [-0.05, 0) is 55.9 Å². The Morgan fingerprint density at radius 1 is 0.788 bits per heavy atom. The summed E-state index contributed by atoms with van der Waals surface area (Å²) in [5, 5.41) is 4.18. The van der Waals surface area contributed by atoms with E-state index in [9.17, 15) is 0 Å². The zero-order valence-electron chi connectivity index (χ0n) is 19.0. The molecule has 3 aromatic carbocycles. The van der Waals surface area contributed by atoms with E-state index in [-0.39, 0.29) is 0 Å². The van der Waals surface area contributed by atoms with Crippen molar-refractivity contribution in [2.45, 2.75) is 31.6 Å². The molecule has 1 aromatic heterocycles. The maximum atomic E-state index is 5.55. The van der Waals surface area contributed by atoms with Crippen LogP contribution in [-0.4, -0.2) is 34.7 Å². The molecule has 0 N–H and O–H groups in total. The van der Waals surface area contributed by atoms with Crippen LogP contribution < -0.4 is 0 Å². The van der Waals surface area contributed by atoms with Gasteiger partial charge in [0.25, 0.3) is 0 Å². The number of rotatable bonds is 8. The average Bonchev–Trinajstić information content (AvgIpc) is 3.36. The number of piperidine rings is 1. The first-order chi connectivity index (χ1) is 16.3. The van der Waals surface area contributed by atoms with Gasteiger partial charge in [0.15, 0.2) is 0 Å². The SMILES string of the molecule is c1ccc(-c2noc(CC3CCN(CCC(c4ccccc4)c4ccccc4)CC3)n2)cc1. The molecule has 0 atom stereocenters. The summed E-state index contributed by atoms with van der Waals surface area (Å²) in [4.78, 5) is 7.25. The van der Waals surface area contributed by atoms with Gasteiger partial charge in [-0.2, -0.15) is 4.98 Å². The molecule has 0 unspecified atom stereocenters. The zero-order chi connectivity index (χ0) is 22.3. The van der Waals surface area contributed by atoms with Crippen molar-refractivity contribution in [2.24, 2.45) is 5.92 Å². The van der Waals surface area contributed by atoms with Crippen LogP contribution in [0.15, 0.2) is 95.5 Å². The first-order valence-corrected chi connectivity index (χ1v) is 12.1. The summed E-state index contributed by atoms with van der Waals surface area (Å²) in [5.74, 6) is 2.51. The summed E-state index contributed by atoms with van der Waals surface area (Å²) in [6.07, 6.45) is 4.39. The second-order valence-electron chi connectivity index (χ2n) is 9.03. The Bertz CT molecular complexity index is 1060. The number of nitrogens with zero attached hydrogens (tertiary/aromatic N) is 3. The topological polar surface area (TPSA) is 42.2 Å². The van der Waals surface area contributed by atoms with Gasteiger partial charge in [-0.25, -0.2) is 0 Å². The standard InChI is InChI=1S/C29H31N3O/c1-4-10-24(11-5-1)27(25-12-6-2-7-13-25)18-21-32-19-16-23(17-20-32)22-28-30-29(31-33-28)26-14-8-3-9-15-26/h1-15,23,27H,16-22H2. The van der Waals surface area contributed by atoms with Crippen molar-refractivity contribution < 1.29 is 4.52 Å². The molecule has 0 amide bonds. The number of hydrogen-bond acceptors (Lipinski definition) is 4. The van der Waals surface area contributed by atoms with Crippen molar-refractivity contribution >= 4 is 0 Å². The highest BCUT2D eigenvalue weighted by Gasteiger charge is 2.23. The maximum Gasteiger partial charge on any atom is 0.227 e. The average molecular weight is 438 g/mol. The van der Waals surface area contributed by atoms with E-state index < -0.39 is 0 Å². The van der Waals surface area contributed by atoms with Crippen molar-refractivity contribution in [2.75, 3.05) is 19.6 Å². The Morgan fingerprint density at radius 2 is 1.36 bits per heavy atom. The first-order valence-electron chi connectivity index (χ1n) is 12.1. The molecule has 0 saturated carbocycles. The molecule has 0 radical (unpaired) electrons. The Morgan fingerprint density at radius 3 is 1.97 bits per heavy atom. The van der Waals surface area contributed by atoms with E-state index in [4.69, 9.17) is 4.52 Å². The van der Waals surface area contributed by atoms with E-state index in [2.05, 4.69) is 75.7 Å². The molecule has 4 aromatic rings. The molecule has 4 heteroatoms. The van der Waals surface area contributed by atoms with Crippen LogP contribution in [0.4, 0.5) is 0 Å². The number of aromatic nitrogens is 2. The minimum Gasteiger partial charge on any atom is -0.339 e. The molecular formula is C29H31N3O. The fourth-order valence-corrected chi connectivity index (χ4v) is 4.91. The van der Waals surface area contributed by atoms with Crippen LogP contribution >= 0.6 is 0 Å². The molecule has 0 bridgehead atoms. The second-order valence-corrected chi connectivity index (χ2v) is 9.03. The van der Waals surface area contributed by atoms with Gasteiger partial charge >= 0.3 is 0 Å². The Kier molecular flexibility index (Phi) is 6.93. The Hall–Kier alpha value is -3.24. The molecule has 0 spiro atoms. The van der Waals surface area contributed by atoms with Crippen LogP contribution in [-0.2, 0) is 6.42 Å². The molecule has 1 aliphatic heterocycles. The van der Waals surface area contributed by atoms with Crippen molar-refractivity contribution in [3.05, 3.63) is 108 Å². The molecule has 0 aliphatic carbocycles. The van der Waals surface area contributed by atoms with Gasteiger partial charge in [0.1, 0.15) is 0 Å². The number of hydrogen-bond donors (Lipinski definition) is 0. The van der Waals surface area contributed by atoms with E-state index in [0.717, 1.165) is 43.9 Å². The molecular weight excluding hydrogens is 406 g/mol. The largest absolute Gasteiger partial charge is 0.339 e. The minimum atomic E-state index is 0.444. The van der Waals surface area contributed by atoms with Gasteiger partial charge in [0.05, 0.1) is 0 Å². The van der Waals surface area contributed by atoms with Gasteiger partial charge in [-0.15, -0.1) is 0 Å². The van der Waals surface area contributed by atoms with Gasteiger partial charge in [-0.3, -0.25) is 0 Å². The highest BCUT2D eigenvalue weighted by molar-refractivity contribution is 5.53. The normalized spacial score (nSPS) is 15.2. The van der Waals surface area contributed by atoms with E-state index in [1.807, 2.05) is 30.3 Å². The van der Waals surface area contributed by atoms with Crippen LogP contribution in [0.25, 0.3) is 11.4 Å². The first kappa shape index (κ1) is 21.6. The van der Waals surface area contributed by atoms with Gasteiger partial charge in [-0.1, -0.05) is 96.2 Å². The number of likely N-dealkylation sites (tertiary alicyclic amines) is 1. The lowest BCUT2D eigenvalue weighted by Gasteiger charge is -2.32. The maximum absolute atomic E-state index is 5.55. The lowest BCUT2D eigenvalue weighted by atomic mass is 9.87. The highest BCUT2D eigenvalue weighted by Crippen LogP contribution is 2.29. The monoisotopic (exact) mass is 437 g/mol. The predicted octanol–water partition coefficient (Wildman–Crippen LogP) is 6.21. The van der Waals surface area contributed by atoms with Gasteiger partial charge < -0.3 is 9.42 Å². The number of benzene rings is 3. The van der Waals surface area contributed by atoms with Crippen molar-refractivity contribution in [3.8, 4) is 11.4 Å². The van der Waals surface area contributed by atoms with E-state index in [0.29, 0.717) is 17.7 Å². The summed E-state index contributed by atoms with van der Waals surface area (Å²) in [7, 11) is 0. The molecule has 5 rings (SSSR count). The summed E-state index contributed by atoms with van der Waals surface area (Å²) >= 11 is 0. The highest BCUT2D eigenvalue weighted by atomic mass is 16.5. The second kappa shape index (κ2) is 10.6. The van der Waals surface area contributed by atoms with E-state index >= 15 is 0 Å². The molecule has 1 fully saturated rings. The Labute approximate surface area is 196 Å². The third-order valence-electron chi connectivity index (χ3n) is 6.81. The van der Waals surface area contributed by atoms with E-state index in [1.165, 1.54) is 24.0 Å². The fraction of sp³-hybridized carbons (Fsp3) is 0.310. The third-order valence-corrected chi connectivity index (χ3v) is 6.81. The van der Waals surface area contributed by atoms with Gasteiger partial charge in [0.2, 0.25) is 11.7 Å². The van der Waals surface area contributed by atoms with Crippen LogP contribution in [0.3, 0.4) is 0 Å². The lowest BCUT2D eigenvalue weighted by Crippen LogP contribution is -2.35. The zero-order valence-corrected chi connectivity index (χ0v) is 19.0. The summed E-state index contributed by atoms with van der Waals surface area (Å²) in [6.45, 7) is 3.40. The minimum absolute atomic E-state index is 0.444. The molecule has 1 aliphatic rings.